The first-order chi connectivity index (χ1) is 15.5. The average Bonchev–Trinajstić information content (AvgIpc) is 2.74. The van der Waals surface area contributed by atoms with Crippen molar-refractivity contribution in [3.8, 4) is 11.5 Å². The smallest absolute Gasteiger partial charge is 0.214 e. The van der Waals surface area contributed by atoms with E-state index < -0.39 is 0 Å². The van der Waals surface area contributed by atoms with Crippen LogP contribution in [-0.2, 0) is 0 Å². The summed E-state index contributed by atoms with van der Waals surface area (Å²) in [6.07, 6.45) is 7.01. The maximum absolute atomic E-state index is 6.75. The molecule has 5 rings (SSSR count). The number of anilines is 1. The van der Waals surface area contributed by atoms with Crippen LogP contribution in [0, 0.1) is 6.92 Å². The third-order valence-electron chi connectivity index (χ3n) is 7.88. The van der Waals surface area contributed by atoms with Gasteiger partial charge in [-0.3, -0.25) is 0 Å². The van der Waals surface area contributed by atoms with E-state index in [1.54, 1.807) is 0 Å². The van der Waals surface area contributed by atoms with Gasteiger partial charge in [-0.25, -0.2) is 4.58 Å². The minimum absolute atomic E-state index is 0.0117. The SMILES string of the molecule is CCN1c2cc3c(cc2C(C)=CC1(C)C)C(C)=c1cc2c(c(C)c1O3)=[N+](CC)C(C)(C)C=C2. The van der Waals surface area contributed by atoms with Crippen molar-refractivity contribution in [3.05, 3.63) is 63.2 Å². The summed E-state index contributed by atoms with van der Waals surface area (Å²) >= 11 is 0. The lowest BCUT2D eigenvalue weighted by Gasteiger charge is -2.43. The fourth-order valence-electron chi connectivity index (χ4n) is 6.26. The lowest BCUT2D eigenvalue weighted by atomic mass is 9.86. The van der Waals surface area contributed by atoms with Crippen LogP contribution in [0.25, 0.3) is 17.2 Å². The molecule has 2 aromatic carbocycles. The van der Waals surface area contributed by atoms with E-state index in [1.807, 2.05) is 0 Å². The second kappa shape index (κ2) is 7.09. The number of fused-ring (bicyclic) bond motifs is 4. The van der Waals surface area contributed by atoms with Crippen molar-refractivity contribution in [2.45, 2.75) is 73.4 Å². The van der Waals surface area contributed by atoms with Gasteiger partial charge >= 0.3 is 0 Å². The number of rotatable bonds is 2. The Bertz CT molecular complexity index is 1390. The zero-order chi connectivity index (χ0) is 23.9. The molecule has 3 nitrogen and oxygen atoms in total. The molecule has 172 valence electrons. The van der Waals surface area contributed by atoms with Gasteiger partial charge in [0.05, 0.1) is 11.1 Å². The van der Waals surface area contributed by atoms with Crippen molar-refractivity contribution >= 4 is 22.9 Å². The van der Waals surface area contributed by atoms with Crippen LogP contribution < -0.4 is 24.8 Å². The van der Waals surface area contributed by atoms with Crippen molar-refractivity contribution < 1.29 is 4.74 Å². The number of likely N-dealkylation sites (N-methyl/N-ethyl adjacent to an activating group) is 2. The van der Waals surface area contributed by atoms with Gasteiger partial charge in [-0.05, 0) is 83.9 Å². The van der Waals surface area contributed by atoms with Crippen LogP contribution >= 0.6 is 0 Å². The Morgan fingerprint density at radius 2 is 1.70 bits per heavy atom. The molecule has 0 aromatic heterocycles. The van der Waals surface area contributed by atoms with Gasteiger partial charge in [-0.15, -0.1) is 0 Å². The molecule has 2 aromatic rings. The molecule has 0 bridgehead atoms. The monoisotopic (exact) mass is 441 g/mol. The maximum atomic E-state index is 6.75. The van der Waals surface area contributed by atoms with Gasteiger partial charge in [-0.1, -0.05) is 6.08 Å². The first-order valence-electron chi connectivity index (χ1n) is 12.3. The number of allylic oxidation sites excluding steroid dienone is 1. The molecule has 0 aliphatic carbocycles. The van der Waals surface area contributed by atoms with Crippen LogP contribution in [0.1, 0.15) is 77.6 Å². The van der Waals surface area contributed by atoms with Gasteiger partial charge in [-0.2, -0.15) is 0 Å². The molecule has 0 fully saturated rings. The Hall–Kier alpha value is -2.81. The van der Waals surface area contributed by atoms with Gasteiger partial charge < -0.3 is 9.64 Å². The lowest BCUT2D eigenvalue weighted by molar-refractivity contribution is 0.399. The van der Waals surface area contributed by atoms with E-state index in [1.165, 1.54) is 49.7 Å². The highest BCUT2D eigenvalue weighted by atomic mass is 16.5. The number of hydrogen-bond donors (Lipinski definition) is 0. The number of ether oxygens (including phenoxy) is 1. The highest BCUT2D eigenvalue weighted by Crippen LogP contribution is 2.45. The molecule has 0 saturated carbocycles. The Morgan fingerprint density at radius 1 is 0.970 bits per heavy atom. The molecule has 3 aliphatic heterocycles. The number of hydrogen-bond acceptors (Lipinski definition) is 2. The van der Waals surface area contributed by atoms with E-state index in [0.717, 1.165) is 24.6 Å². The summed E-state index contributed by atoms with van der Waals surface area (Å²) < 4.78 is 9.24. The quantitative estimate of drug-likeness (QED) is 0.559. The Balaban J connectivity index is 1.81. The van der Waals surface area contributed by atoms with Crippen LogP contribution in [0.15, 0.2) is 30.4 Å². The Kier molecular flexibility index (Phi) is 4.73. The van der Waals surface area contributed by atoms with Gasteiger partial charge in [0.2, 0.25) is 5.36 Å². The standard InChI is InChI=1S/C30H37N2O/c1-10-31-25-16-26-23(15-22(25)18(3)17-30(31,8)9)19(4)24-14-21-12-13-29(6,7)32(11-2)27(21)20(5)28(24)33-26/h12-17H,10-11H2,1-9H3/q+1. The molecule has 33 heavy (non-hydrogen) atoms. The van der Waals surface area contributed by atoms with E-state index in [2.05, 4.69) is 108 Å². The highest BCUT2D eigenvalue weighted by Gasteiger charge is 2.35. The minimum atomic E-state index is -0.0140. The topological polar surface area (TPSA) is 15.5 Å². The van der Waals surface area contributed by atoms with Gasteiger partial charge in [0.1, 0.15) is 18.0 Å². The Morgan fingerprint density at radius 3 is 2.36 bits per heavy atom. The molecule has 0 atom stereocenters. The van der Waals surface area contributed by atoms with Crippen molar-refractivity contribution in [1.29, 1.82) is 0 Å². The van der Waals surface area contributed by atoms with Crippen molar-refractivity contribution in [1.82, 2.24) is 4.58 Å². The number of benzene rings is 2. The number of nitrogens with zero attached hydrogens (tertiary/aromatic N) is 2. The van der Waals surface area contributed by atoms with Crippen molar-refractivity contribution in [2.24, 2.45) is 0 Å². The molecule has 0 unspecified atom stereocenters. The summed E-state index contributed by atoms with van der Waals surface area (Å²) in [5, 5.41) is 2.51. The molecule has 0 radical (unpaired) electrons. The summed E-state index contributed by atoms with van der Waals surface area (Å²) in [5.74, 6) is 1.98. The molecule has 0 saturated heterocycles. The molecular weight excluding hydrogens is 404 g/mol. The van der Waals surface area contributed by atoms with Crippen LogP contribution in [-0.4, -0.2) is 24.2 Å². The molecule has 3 aliphatic rings. The first kappa shape index (κ1) is 22.0. The summed E-state index contributed by atoms with van der Waals surface area (Å²) in [4.78, 5) is 2.48. The fraction of sp³-hybridized carbons (Fsp3) is 0.433. The molecule has 0 spiro atoms. The predicted molar refractivity (Wildman–Crippen MR) is 141 cm³/mol. The van der Waals surface area contributed by atoms with Crippen LogP contribution in [0.4, 0.5) is 5.69 Å². The third kappa shape index (κ3) is 3.04. The van der Waals surface area contributed by atoms with E-state index in [4.69, 9.17) is 4.74 Å². The summed E-state index contributed by atoms with van der Waals surface area (Å²) in [5.41, 5.74) is 8.91. The minimum Gasteiger partial charge on any atom is -0.455 e. The van der Waals surface area contributed by atoms with Crippen LogP contribution in [0.5, 0.6) is 11.5 Å². The molecule has 3 heterocycles. The summed E-state index contributed by atoms with van der Waals surface area (Å²) in [6.45, 7) is 22.2. The fourth-order valence-corrected chi connectivity index (χ4v) is 6.26. The van der Waals surface area contributed by atoms with Gasteiger partial charge in [0.25, 0.3) is 0 Å². The first-order valence-corrected chi connectivity index (χ1v) is 12.3. The van der Waals surface area contributed by atoms with E-state index in [-0.39, 0.29) is 11.1 Å². The average molecular weight is 442 g/mol. The van der Waals surface area contributed by atoms with Gasteiger partial charge in [0, 0.05) is 54.1 Å². The maximum Gasteiger partial charge on any atom is 0.214 e. The van der Waals surface area contributed by atoms with Crippen molar-refractivity contribution in [3.63, 3.8) is 0 Å². The zero-order valence-electron chi connectivity index (χ0n) is 21.7. The van der Waals surface area contributed by atoms with Crippen LogP contribution in [0.3, 0.4) is 0 Å². The normalized spacial score (nSPS) is 19.3. The van der Waals surface area contributed by atoms with E-state index >= 15 is 0 Å². The predicted octanol–water partition coefficient (Wildman–Crippen LogP) is 5.66. The summed E-state index contributed by atoms with van der Waals surface area (Å²) in [7, 11) is 0. The summed E-state index contributed by atoms with van der Waals surface area (Å²) in [6, 6.07) is 6.95. The van der Waals surface area contributed by atoms with E-state index in [0.29, 0.717) is 0 Å². The molecule has 0 N–H and O–H groups in total. The second-order valence-corrected chi connectivity index (χ2v) is 10.9. The molecule has 0 amide bonds. The van der Waals surface area contributed by atoms with E-state index in [9.17, 15) is 0 Å². The molecular formula is C30H37N2O+. The molecule has 3 heteroatoms. The van der Waals surface area contributed by atoms with Crippen molar-refractivity contribution in [2.75, 3.05) is 18.0 Å². The second-order valence-electron chi connectivity index (χ2n) is 10.9. The Labute approximate surface area is 198 Å². The largest absolute Gasteiger partial charge is 0.455 e. The third-order valence-corrected chi connectivity index (χ3v) is 7.88. The highest BCUT2D eigenvalue weighted by molar-refractivity contribution is 5.87. The van der Waals surface area contributed by atoms with Crippen LogP contribution in [0.2, 0.25) is 0 Å². The zero-order valence-corrected chi connectivity index (χ0v) is 21.7. The lowest BCUT2D eigenvalue weighted by Crippen LogP contribution is -2.49. The van der Waals surface area contributed by atoms with Gasteiger partial charge in [0.15, 0.2) is 5.54 Å².